The molecule has 0 saturated carbocycles. The zero-order valence-corrected chi connectivity index (χ0v) is 7.67. The normalized spacial score (nSPS) is 10.6. The Bertz CT molecular complexity index is 362. The van der Waals surface area contributed by atoms with Crippen LogP contribution in [-0.4, -0.2) is 17.5 Å². The number of carbonyl (C=O) groups is 1. The van der Waals surface area contributed by atoms with Crippen molar-refractivity contribution in [3.63, 3.8) is 0 Å². The van der Waals surface area contributed by atoms with E-state index in [1.54, 1.807) is 18.3 Å². The first-order valence-electron chi connectivity index (χ1n) is 3.38. The molecule has 0 aliphatic carbocycles. The van der Waals surface area contributed by atoms with Crippen molar-refractivity contribution in [1.82, 2.24) is 4.37 Å². The maximum absolute atomic E-state index is 10.9. The van der Waals surface area contributed by atoms with Crippen LogP contribution >= 0.6 is 11.5 Å². The molecule has 0 saturated heterocycles. The number of aromatic nitrogens is 1. The van der Waals surface area contributed by atoms with Gasteiger partial charge in [0.25, 0.3) is 0 Å². The van der Waals surface area contributed by atoms with Gasteiger partial charge >= 0.3 is 5.97 Å². The van der Waals surface area contributed by atoms with Gasteiger partial charge in [0.15, 0.2) is 0 Å². The molecule has 0 aliphatic heterocycles. The Hall–Kier alpha value is -1.67. The van der Waals surface area contributed by atoms with Crippen molar-refractivity contribution in [3.8, 4) is 6.07 Å². The fourth-order valence-electron chi connectivity index (χ4n) is 0.689. The molecule has 4 nitrogen and oxygen atoms in total. The van der Waals surface area contributed by atoms with Gasteiger partial charge in [0, 0.05) is 11.1 Å². The lowest BCUT2D eigenvalue weighted by Crippen LogP contribution is -2.02. The lowest BCUT2D eigenvalue weighted by molar-refractivity contribution is -0.135. The maximum Gasteiger partial charge on any atom is 0.348 e. The first-order valence-corrected chi connectivity index (χ1v) is 4.16. The number of nitriles is 1. The molecular weight excluding hydrogens is 188 g/mol. The molecule has 0 spiro atoms. The van der Waals surface area contributed by atoms with Crippen LogP contribution < -0.4 is 0 Å². The Balaban J connectivity index is 2.91. The molecule has 0 radical (unpaired) electrons. The van der Waals surface area contributed by atoms with Crippen LogP contribution in [0.5, 0.6) is 0 Å². The van der Waals surface area contributed by atoms with Gasteiger partial charge in [-0.25, -0.2) is 9.17 Å². The fourth-order valence-corrected chi connectivity index (χ4v) is 1.22. The summed E-state index contributed by atoms with van der Waals surface area (Å²) in [6.45, 7) is 0. The Morgan fingerprint density at radius 3 is 3.08 bits per heavy atom. The number of methoxy groups -OCH3 is 1. The molecule has 0 aliphatic rings. The topological polar surface area (TPSA) is 63.0 Å². The van der Waals surface area contributed by atoms with Gasteiger partial charge in [-0.3, -0.25) is 0 Å². The van der Waals surface area contributed by atoms with Gasteiger partial charge in [0.1, 0.15) is 11.6 Å². The van der Waals surface area contributed by atoms with Crippen LogP contribution in [0.4, 0.5) is 0 Å². The first-order chi connectivity index (χ1) is 6.27. The minimum absolute atomic E-state index is 0.0215. The van der Waals surface area contributed by atoms with E-state index in [1.165, 1.54) is 24.7 Å². The summed E-state index contributed by atoms with van der Waals surface area (Å²) < 4.78 is 8.24. The third kappa shape index (κ3) is 2.39. The highest BCUT2D eigenvalue weighted by Gasteiger charge is 2.08. The van der Waals surface area contributed by atoms with Crippen molar-refractivity contribution < 1.29 is 9.53 Å². The van der Waals surface area contributed by atoms with E-state index in [-0.39, 0.29) is 5.57 Å². The lowest BCUT2D eigenvalue weighted by atomic mass is 10.2. The second-order valence-electron chi connectivity index (χ2n) is 2.08. The van der Waals surface area contributed by atoms with Crippen LogP contribution in [-0.2, 0) is 9.53 Å². The third-order valence-corrected chi connectivity index (χ3v) is 1.96. The molecule has 0 atom stereocenters. The fraction of sp³-hybridized carbons (Fsp3) is 0.125. The highest BCUT2D eigenvalue weighted by molar-refractivity contribution is 7.06. The zero-order chi connectivity index (χ0) is 9.68. The van der Waals surface area contributed by atoms with Gasteiger partial charge < -0.3 is 4.74 Å². The molecule has 1 heterocycles. The van der Waals surface area contributed by atoms with Crippen LogP contribution in [0.25, 0.3) is 6.08 Å². The van der Waals surface area contributed by atoms with Crippen molar-refractivity contribution in [2.45, 2.75) is 0 Å². The molecule has 0 bridgehead atoms. The molecule has 1 rings (SSSR count). The number of nitrogens with zero attached hydrogens (tertiary/aromatic N) is 2. The van der Waals surface area contributed by atoms with Gasteiger partial charge in [0.05, 0.1) is 7.11 Å². The molecule has 13 heavy (non-hydrogen) atoms. The SMILES string of the molecule is COC(=O)/C(C#N)=C/c1ccns1. The first kappa shape index (κ1) is 9.42. The summed E-state index contributed by atoms with van der Waals surface area (Å²) in [5.41, 5.74) is -0.0215. The summed E-state index contributed by atoms with van der Waals surface area (Å²) in [7, 11) is 1.24. The van der Waals surface area contributed by atoms with Gasteiger partial charge in [0.2, 0.25) is 0 Å². The van der Waals surface area contributed by atoms with Crippen molar-refractivity contribution in [2.75, 3.05) is 7.11 Å². The molecule has 1 aromatic rings. The van der Waals surface area contributed by atoms with Crippen molar-refractivity contribution in [3.05, 3.63) is 22.7 Å². The summed E-state index contributed by atoms with van der Waals surface area (Å²) in [5, 5.41) is 8.59. The van der Waals surface area contributed by atoms with E-state index in [0.29, 0.717) is 0 Å². The van der Waals surface area contributed by atoms with Crippen LogP contribution in [0.1, 0.15) is 4.88 Å². The number of carbonyl (C=O) groups excluding carboxylic acids is 1. The molecular formula is C8H6N2O2S. The van der Waals surface area contributed by atoms with Crippen LogP contribution in [0, 0.1) is 11.3 Å². The van der Waals surface area contributed by atoms with E-state index in [9.17, 15) is 4.79 Å². The van der Waals surface area contributed by atoms with E-state index >= 15 is 0 Å². The van der Waals surface area contributed by atoms with Gasteiger partial charge in [-0.2, -0.15) is 5.26 Å². The lowest BCUT2D eigenvalue weighted by Gasteiger charge is -1.93. The molecule has 0 fully saturated rings. The van der Waals surface area contributed by atoms with Crippen molar-refractivity contribution >= 4 is 23.6 Å². The van der Waals surface area contributed by atoms with E-state index < -0.39 is 5.97 Å². The van der Waals surface area contributed by atoms with Crippen LogP contribution in [0.2, 0.25) is 0 Å². The van der Waals surface area contributed by atoms with Crippen molar-refractivity contribution in [1.29, 1.82) is 5.26 Å². The predicted molar refractivity (Wildman–Crippen MR) is 47.7 cm³/mol. The van der Waals surface area contributed by atoms with Crippen LogP contribution in [0.3, 0.4) is 0 Å². The molecule has 5 heteroatoms. The molecule has 0 amide bonds. The van der Waals surface area contributed by atoms with E-state index in [2.05, 4.69) is 9.11 Å². The number of rotatable bonds is 2. The average molecular weight is 194 g/mol. The second-order valence-corrected chi connectivity index (χ2v) is 2.94. The Kier molecular flexibility index (Phi) is 3.17. The van der Waals surface area contributed by atoms with Gasteiger partial charge in [-0.15, -0.1) is 0 Å². The van der Waals surface area contributed by atoms with Crippen molar-refractivity contribution in [2.24, 2.45) is 0 Å². The van der Waals surface area contributed by atoms with Gasteiger partial charge in [-0.05, 0) is 23.7 Å². The Morgan fingerprint density at radius 2 is 2.62 bits per heavy atom. The largest absolute Gasteiger partial charge is 0.465 e. The molecule has 0 N–H and O–H groups in total. The minimum Gasteiger partial charge on any atom is -0.465 e. The standard InChI is InChI=1S/C8H6N2O2S/c1-12-8(11)6(5-9)4-7-2-3-10-13-7/h2-4H,1H3/b6-4+. The molecule has 0 aromatic carbocycles. The van der Waals surface area contributed by atoms with Gasteiger partial charge in [-0.1, -0.05) is 0 Å². The average Bonchev–Trinajstić information content (AvgIpc) is 2.65. The smallest absolute Gasteiger partial charge is 0.348 e. The molecule has 66 valence electrons. The highest BCUT2D eigenvalue weighted by Crippen LogP contribution is 2.10. The monoisotopic (exact) mass is 194 g/mol. The second kappa shape index (κ2) is 4.38. The number of esters is 1. The number of ether oxygens (including phenoxy) is 1. The van der Waals surface area contributed by atoms with E-state index in [4.69, 9.17) is 5.26 Å². The minimum atomic E-state index is -0.629. The van der Waals surface area contributed by atoms with Crippen LogP contribution in [0.15, 0.2) is 17.8 Å². The summed E-state index contributed by atoms with van der Waals surface area (Å²) in [6.07, 6.45) is 3.05. The molecule has 0 unspecified atom stereocenters. The van der Waals surface area contributed by atoms with E-state index in [1.807, 2.05) is 0 Å². The third-order valence-electron chi connectivity index (χ3n) is 1.27. The predicted octanol–water partition coefficient (Wildman–Crippen LogP) is 1.22. The quantitative estimate of drug-likeness (QED) is 0.403. The number of hydrogen-bond acceptors (Lipinski definition) is 5. The summed E-state index contributed by atoms with van der Waals surface area (Å²) >= 11 is 1.21. The van der Waals surface area contributed by atoms with E-state index in [0.717, 1.165) is 4.88 Å². The molecule has 1 aromatic heterocycles. The summed E-state index contributed by atoms with van der Waals surface area (Å²) in [4.78, 5) is 11.7. The summed E-state index contributed by atoms with van der Waals surface area (Å²) in [6, 6.07) is 3.47. The zero-order valence-electron chi connectivity index (χ0n) is 6.85. The highest BCUT2D eigenvalue weighted by atomic mass is 32.1. The summed E-state index contributed by atoms with van der Waals surface area (Å²) in [5.74, 6) is -0.629. The maximum atomic E-state index is 10.9. The Labute approximate surface area is 79.2 Å². The Morgan fingerprint density at radius 1 is 1.85 bits per heavy atom. The number of hydrogen-bond donors (Lipinski definition) is 0.